The van der Waals surface area contributed by atoms with Crippen LogP contribution in [0.25, 0.3) is 0 Å². The molecular weight excluding hydrogens is 254 g/mol. The minimum absolute atomic E-state index is 0.167. The number of nitrogens with zero attached hydrogens (tertiary/aromatic N) is 2. The second kappa shape index (κ2) is 7.49. The second-order valence-corrected chi connectivity index (χ2v) is 3.84. The van der Waals surface area contributed by atoms with E-state index in [-0.39, 0.29) is 25.6 Å². The molecule has 0 atom stereocenters. The zero-order valence-corrected chi connectivity index (χ0v) is 10.7. The lowest BCUT2D eigenvalue weighted by Crippen LogP contribution is -2.41. The van der Waals surface area contributed by atoms with Gasteiger partial charge >= 0.3 is 5.69 Å². The molecule has 1 amide bonds. The molecule has 0 saturated carbocycles. The molecule has 1 heterocycles. The third-order valence-corrected chi connectivity index (χ3v) is 2.49. The number of nitrogens with one attached hydrogen (secondary N) is 1. The molecule has 19 heavy (non-hydrogen) atoms. The SMILES string of the molecule is COCCN(CCO)C(=O)Cn1ccc(=O)[nH]c1=O. The Morgan fingerprint density at radius 3 is 2.79 bits per heavy atom. The van der Waals surface area contributed by atoms with E-state index in [0.717, 1.165) is 4.57 Å². The van der Waals surface area contributed by atoms with Crippen molar-refractivity contribution in [2.45, 2.75) is 6.54 Å². The predicted molar refractivity (Wildman–Crippen MR) is 66.9 cm³/mol. The Morgan fingerprint density at radius 2 is 2.21 bits per heavy atom. The number of hydrogen-bond donors (Lipinski definition) is 2. The van der Waals surface area contributed by atoms with Gasteiger partial charge in [0.25, 0.3) is 5.56 Å². The summed E-state index contributed by atoms with van der Waals surface area (Å²) in [5.74, 6) is -0.333. The summed E-state index contributed by atoms with van der Waals surface area (Å²) in [7, 11) is 1.51. The van der Waals surface area contributed by atoms with Crippen molar-refractivity contribution in [2.75, 3.05) is 33.4 Å². The van der Waals surface area contributed by atoms with E-state index >= 15 is 0 Å². The number of rotatable bonds is 7. The lowest BCUT2D eigenvalue weighted by molar-refractivity contribution is -0.133. The number of aliphatic hydroxyl groups excluding tert-OH is 1. The molecule has 0 fully saturated rings. The first-order chi connectivity index (χ1) is 9.08. The number of aromatic amines is 1. The van der Waals surface area contributed by atoms with E-state index < -0.39 is 11.2 Å². The monoisotopic (exact) mass is 271 g/mol. The van der Waals surface area contributed by atoms with Crippen LogP contribution in [0, 0.1) is 0 Å². The van der Waals surface area contributed by atoms with Crippen molar-refractivity contribution < 1.29 is 14.6 Å². The number of H-pyrrole nitrogens is 1. The average Bonchev–Trinajstić information content (AvgIpc) is 2.37. The molecule has 0 saturated heterocycles. The zero-order chi connectivity index (χ0) is 14.3. The van der Waals surface area contributed by atoms with Crippen LogP contribution in [0.15, 0.2) is 21.9 Å². The highest BCUT2D eigenvalue weighted by Gasteiger charge is 2.13. The fourth-order valence-electron chi connectivity index (χ4n) is 1.50. The molecule has 8 nitrogen and oxygen atoms in total. The van der Waals surface area contributed by atoms with Gasteiger partial charge in [0.05, 0.1) is 13.2 Å². The molecule has 0 aliphatic heterocycles. The van der Waals surface area contributed by atoms with Crippen molar-refractivity contribution in [1.82, 2.24) is 14.5 Å². The van der Waals surface area contributed by atoms with Crippen molar-refractivity contribution in [3.8, 4) is 0 Å². The molecule has 1 rings (SSSR count). The molecule has 0 aliphatic rings. The van der Waals surface area contributed by atoms with Crippen LogP contribution in [0.4, 0.5) is 0 Å². The molecule has 2 N–H and O–H groups in total. The Labute approximate surface area is 109 Å². The maximum absolute atomic E-state index is 12.0. The van der Waals surface area contributed by atoms with Crippen molar-refractivity contribution in [2.24, 2.45) is 0 Å². The van der Waals surface area contributed by atoms with Crippen LogP contribution in [0.1, 0.15) is 0 Å². The van der Waals surface area contributed by atoms with Crippen LogP contribution in [0.2, 0.25) is 0 Å². The number of ether oxygens (including phenoxy) is 1. The van der Waals surface area contributed by atoms with E-state index in [1.807, 2.05) is 0 Å². The highest BCUT2D eigenvalue weighted by Crippen LogP contribution is 1.92. The van der Waals surface area contributed by atoms with Gasteiger partial charge in [-0.15, -0.1) is 0 Å². The normalized spacial score (nSPS) is 10.4. The van der Waals surface area contributed by atoms with Crippen LogP contribution in [-0.2, 0) is 16.1 Å². The van der Waals surface area contributed by atoms with E-state index in [9.17, 15) is 14.4 Å². The number of carbonyl (C=O) groups is 1. The maximum Gasteiger partial charge on any atom is 0.328 e. The molecule has 0 aliphatic carbocycles. The molecule has 0 bridgehead atoms. The summed E-state index contributed by atoms with van der Waals surface area (Å²) in [5, 5.41) is 8.89. The van der Waals surface area contributed by atoms with E-state index in [1.165, 1.54) is 24.3 Å². The van der Waals surface area contributed by atoms with E-state index in [4.69, 9.17) is 9.84 Å². The first-order valence-electron chi connectivity index (χ1n) is 5.76. The van der Waals surface area contributed by atoms with Crippen LogP contribution < -0.4 is 11.2 Å². The second-order valence-electron chi connectivity index (χ2n) is 3.84. The Balaban J connectivity index is 2.74. The van der Waals surface area contributed by atoms with Gasteiger partial charge in [0.15, 0.2) is 0 Å². The third-order valence-electron chi connectivity index (χ3n) is 2.49. The number of amides is 1. The van der Waals surface area contributed by atoms with Gasteiger partial charge in [-0.1, -0.05) is 0 Å². The van der Waals surface area contributed by atoms with E-state index in [1.54, 1.807) is 0 Å². The lowest BCUT2D eigenvalue weighted by atomic mass is 10.4. The highest BCUT2D eigenvalue weighted by molar-refractivity contribution is 5.75. The van der Waals surface area contributed by atoms with Gasteiger partial charge in [0.1, 0.15) is 6.54 Å². The Morgan fingerprint density at radius 1 is 1.47 bits per heavy atom. The van der Waals surface area contributed by atoms with Gasteiger partial charge in [-0.25, -0.2) is 4.79 Å². The van der Waals surface area contributed by atoms with Crippen molar-refractivity contribution in [1.29, 1.82) is 0 Å². The fourth-order valence-corrected chi connectivity index (χ4v) is 1.50. The predicted octanol–water partition coefficient (Wildman–Crippen LogP) is -2.00. The first kappa shape index (κ1) is 15.1. The Bertz CT molecular complexity index is 522. The average molecular weight is 271 g/mol. The molecule has 106 valence electrons. The quantitative estimate of drug-likeness (QED) is 0.597. The van der Waals surface area contributed by atoms with Crippen LogP contribution in [-0.4, -0.2) is 58.9 Å². The lowest BCUT2D eigenvalue weighted by Gasteiger charge is -2.21. The first-order valence-corrected chi connectivity index (χ1v) is 5.76. The van der Waals surface area contributed by atoms with Gasteiger partial charge in [-0.05, 0) is 0 Å². The molecule has 1 aromatic heterocycles. The third kappa shape index (κ3) is 4.68. The summed E-state index contributed by atoms with van der Waals surface area (Å²) >= 11 is 0. The van der Waals surface area contributed by atoms with Gasteiger partial charge in [0, 0.05) is 32.5 Å². The molecule has 1 aromatic rings. The van der Waals surface area contributed by atoms with Gasteiger partial charge in [0.2, 0.25) is 5.91 Å². The topological polar surface area (TPSA) is 105 Å². The van der Waals surface area contributed by atoms with Crippen LogP contribution in [0.3, 0.4) is 0 Å². The van der Waals surface area contributed by atoms with Crippen LogP contribution >= 0.6 is 0 Å². The van der Waals surface area contributed by atoms with E-state index in [2.05, 4.69) is 4.98 Å². The molecule has 0 unspecified atom stereocenters. The van der Waals surface area contributed by atoms with Gasteiger partial charge in [-0.2, -0.15) is 0 Å². The summed E-state index contributed by atoms with van der Waals surface area (Å²) in [4.78, 5) is 37.7. The molecule has 0 aromatic carbocycles. The van der Waals surface area contributed by atoms with E-state index in [0.29, 0.717) is 13.2 Å². The van der Waals surface area contributed by atoms with Crippen LogP contribution in [0.5, 0.6) is 0 Å². The molecule has 0 spiro atoms. The maximum atomic E-state index is 12.0. The molecule has 8 heteroatoms. The van der Waals surface area contributed by atoms with Crippen molar-refractivity contribution in [3.05, 3.63) is 33.1 Å². The number of aliphatic hydroxyl groups is 1. The van der Waals surface area contributed by atoms with Crippen molar-refractivity contribution in [3.63, 3.8) is 0 Å². The summed E-state index contributed by atoms with van der Waals surface area (Å²) in [6, 6.07) is 1.17. The fraction of sp³-hybridized carbons (Fsp3) is 0.545. The summed E-state index contributed by atoms with van der Waals surface area (Å²) in [6.45, 7) is 0.468. The van der Waals surface area contributed by atoms with Gasteiger partial charge < -0.3 is 14.7 Å². The standard InChI is InChI=1S/C11H17N3O5/c1-19-7-5-13(4-6-15)10(17)8-14-3-2-9(16)12-11(14)18/h2-3,15H,4-8H2,1H3,(H,12,16,18). The largest absolute Gasteiger partial charge is 0.395 e. The Kier molecular flexibility index (Phi) is 5.97. The summed E-state index contributed by atoms with van der Waals surface area (Å²) < 4.78 is 5.97. The smallest absolute Gasteiger partial charge is 0.328 e. The summed E-state index contributed by atoms with van der Waals surface area (Å²) in [6.07, 6.45) is 1.26. The van der Waals surface area contributed by atoms with Gasteiger partial charge in [-0.3, -0.25) is 19.1 Å². The molecular formula is C11H17N3O5. The number of carbonyl (C=O) groups excluding carboxylic acids is 1. The summed E-state index contributed by atoms with van der Waals surface area (Å²) in [5.41, 5.74) is -1.16. The Hall–Kier alpha value is -1.93. The number of hydrogen-bond acceptors (Lipinski definition) is 5. The number of aromatic nitrogens is 2. The minimum atomic E-state index is -0.642. The number of methoxy groups -OCH3 is 1. The highest BCUT2D eigenvalue weighted by atomic mass is 16.5. The molecule has 0 radical (unpaired) electrons. The zero-order valence-electron chi connectivity index (χ0n) is 10.7. The minimum Gasteiger partial charge on any atom is -0.395 e. The van der Waals surface area contributed by atoms with Crippen molar-refractivity contribution >= 4 is 5.91 Å².